The lowest BCUT2D eigenvalue weighted by molar-refractivity contribution is 0.265. The van der Waals surface area contributed by atoms with Crippen LogP contribution in [0, 0.1) is 0 Å². The van der Waals surface area contributed by atoms with Gasteiger partial charge in [-0.05, 0) is 29.7 Å². The molecule has 1 N–H and O–H groups in total. The molecule has 2 aromatic carbocycles. The van der Waals surface area contributed by atoms with E-state index in [2.05, 4.69) is 91.7 Å². The number of benzene rings is 2. The minimum atomic E-state index is 0.573. The molecule has 0 unspecified atom stereocenters. The van der Waals surface area contributed by atoms with E-state index in [-0.39, 0.29) is 0 Å². The molecule has 1 aromatic heterocycles. The second kappa shape index (κ2) is 7.52. The maximum Gasteiger partial charge on any atom is 0.0945 e. The molecule has 3 heterocycles. The zero-order valence-electron chi connectivity index (χ0n) is 15.9. The maximum atomic E-state index is 4.35. The first-order valence-electron chi connectivity index (χ1n) is 9.91. The molecule has 2 aliphatic rings. The number of nitrogens with one attached hydrogen (secondary N) is 1. The number of anilines is 1. The van der Waals surface area contributed by atoms with Crippen LogP contribution in [-0.2, 0) is 6.54 Å². The quantitative estimate of drug-likeness (QED) is 0.738. The molecule has 28 heavy (non-hydrogen) atoms. The summed E-state index contributed by atoms with van der Waals surface area (Å²) >= 11 is 0. The highest BCUT2D eigenvalue weighted by Gasteiger charge is 2.29. The molecule has 5 rings (SSSR count). The fraction of sp³-hybridized carbons (Fsp3) is 0.261. The van der Waals surface area contributed by atoms with Gasteiger partial charge in [-0.25, -0.2) is 4.98 Å². The Hall–Kier alpha value is -3.05. The van der Waals surface area contributed by atoms with E-state index in [1.54, 1.807) is 6.33 Å². The molecule has 5 heteroatoms. The van der Waals surface area contributed by atoms with Gasteiger partial charge >= 0.3 is 0 Å². The molecular weight excluding hydrogens is 346 g/mol. The van der Waals surface area contributed by atoms with Gasteiger partial charge in [0.25, 0.3) is 0 Å². The zero-order valence-corrected chi connectivity index (χ0v) is 15.9. The first kappa shape index (κ1) is 17.1. The molecule has 3 aromatic rings. The number of aromatic amines is 1. The summed E-state index contributed by atoms with van der Waals surface area (Å²) in [6, 6.07) is 20.0. The number of imidazole rings is 1. The molecule has 0 radical (unpaired) electrons. The predicted molar refractivity (Wildman–Crippen MR) is 112 cm³/mol. The van der Waals surface area contributed by atoms with E-state index < -0.39 is 0 Å². The molecule has 5 nitrogen and oxygen atoms in total. The van der Waals surface area contributed by atoms with E-state index in [1.165, 1.54) is 23.2 Å². The third-order valence-corrected chi connectivity index (χ3v) is 5.72. The van der Waals surface area contributed by atoms with Crippen molar-refractivity contribution < 1.29 is 0 Å². The number of likely N-dealkylation sites (tertiary alicyclic amines) is 1. The van der Waals surface area contributed by atoms with Crippen LogP contribution in [0.2, 0.25) is 0 Å². The first-order chi connectivity index (χ1) is 13.8. The van der Waals surface area contributed by atoms with Crippen LogP contribution >= 0.6 is 0 Å². The van der Waals surface area contributed by atoms with Gasteiger partial charge in [-0.2, -0.15) is 0 Å². The van der Waals surface area contributed by atoms with Crippen LogP contribution in [0.1, 0.15) is 12.1 Å². The van der Waals surface area contributed by atoms with Gasteiger partial charge in [0.15, 0.2) is 0 Å². The average molecular weight is 371 g/mol. The highest BCUT2D eigenvalue weighted by Crippen LogP contribution is 2.27. The molecule has 0 saturated carbocycles. The van der Waals surface area contributed by atoms with Crippen molar-refractivity contribution in [3.63, 3.8) is 0 Å². The lowest BCUT2D eigenvalue weighted by Crippen LogP contribution is -2.36. The summed E-state index contributed by atoms with van der Waals surface area (Å²) in [4.78, 5) is 14.7. The van der Waals surface area contributed by atoms with E-state index in [4.69, 9.17) is 0 Å². The minimum Gasteiger partial charge on any atom is -0.354 e. The maximum absolute atomic E-state index is 4.35. The minimum absolute atomic E-state index is 0.573. The summed E-state index contributed by atoms with van der Waals surface area (Å²) in [7, 11) is 0. The largest absolute Gasteiger partial charge is 0.354 e. The number of hydrogen-bond acceptors (Lipinski definition) is 4. The van der Waals surface area contributed by atoms with E-state index in [1.807, 2.05) is 6.20 Å². The smallest absolute Gasteiger partial charge is 0.0945 e. The molecule has 1 fully saturated rings. The third kappa shape index (κ3) is 3.53. The normalized spacial score (nSPS) is 19.6. The Bertz CT molecular complexity index is 917. The molecule has 2 aliphatic heterocycles. The van der Waals surface area contributed by atoms with Crippen molar-refractivity contribution in [1.29, 1.82) is 0 Å². The Morgan fingerprint density at radius 1 is 0.964 bits per heavy atom. The molecule has 0 bridgehead atoms. The number of hydrogen-bond donors (Lipinski definition) is 1. The number of aromatic nitrogens is 2. The van der Waals surface area contributed by atoms with Gasteiger partial charge in [0, 0.05) is 50.0 Å². The van der Waals surface area contributed by atoms with E-state index in [0.29, 0.717) is 6.04 Å². The Kier molecular flexibility index (Phi) is 4.59. The SMILES string of the molecule is C1=CN([C@H]2CCN(Cc3c[nH]cn3)C2)CN1c1ccc(-c2ccccc2)cc1. The van der Waals surface area contributed by atoms with Gasteiger partial charge in [0.1, 0.15) is 0 Å². The number of nitrogens with zero attached hydrogens (tertiary/aromatic N) is 4. The summed E-state index contributed by atoms with van der Waals surface area (Å²) in [5.41, 5.74) is 4.88. The molecule has 0 spiro atoms. The summed E-state index contributed by atoms with van der Waals surface area (Å²) in [5, 5.41) is 0. The van der Waals surface area contributed by atoms with Crippen LogP contribution in [0.4, 0.5) is 5.69 Å². The highest BCUT2D eigenvalue weighted by molar-refractivity contribution is 5.66. The van der Waals surface area contributed by atoms with E-state index in [9.17, 15) is 0 Å². The number of H-pyrrole nitrogens is 1. The van der Waals surface area contributed by atoms with Crippen LogP contribution in [0.3, 0.4) is 0 Å². The lowest BCUT2D eigenvalue weighted by atomic mass is 10.1. The van der Waals surface area contributed by atoms with Crippen LogP contribution in [0.5, 0.6) is 0 Å². The fourth-order valence-electron chi connectivity index (χ4n) is 4.15. The second-order valence-corrected chi connectivity index (χ2v) is 7.57. The lowest BCUT2D eigenvalue weighted by Gasteiger charge is -2.27. The third-order valence-electron chi connectivity index (χ3n) is 5.72. The monoisotopic (exact) mass is 371 g/mol. The van der Waals surface area contributed by atoms with Crippen molar-refractivity contribution in [2.24, 2.45) is 0 Å². The molecular formula is C23H25N5. The van der Waals surface area contributed by atoms with Crippen LogP contribution in [0.15, 0.2) is 79.5 Å². The van der Waals surface area contributed by atoms with Gasteiger partial charge in [0.05, 0.1) is 18.7 Å². The van der Waals surface area contributed by atoms with Gasteiger partial charge in [-0.1, -0.05) is 42.5 Å². The molecule has 142 valence electrons. The van der Waals surface area contributed by atoms with Gasteiger partial charge < -0.3 is 14.8 Å². The molecule has 1 saturated heterocycles. The number of rotatable bonds is 5. The topological polar surface area (TPSA) is 38.4 Å². The molecule has 0 aliphatic carbocycles. The van der Waals surface area contributed by atoms with Gasteiger partial charge in [-0.3, -0.25) is 4.90 Å². The summed E-state index contributed by atoms with van der Waals surface area (Å²) in [6.45, 7) is 4.08. The highest BCUT2D eigenvalue weighted by atomic mass is 15.4. The molecule has 0 amide bonds. The van der Waals surface area contributed by atoms with E-state index in [0.717, 1.165) is 32.0 Å². The standard InChI is InChI=1S/C23H25N5/c1-2-4-19(5-3-1)20-6-8-22(9-7-20)27-12-13-28(18-27)23-10-11-26(16-23)15-21-14-24-17-25-21/h1-9,12-14,17,23H,10-11,15-16,18H2,(H,24,25)/t23-/m0/s1. The van der Waals surface area contributed by atoms with Crippen LogP contribution in [0.25, 0.3) is 11.1 Å². The van der Waals surface area contributed by atoms with Crippen molar-refractivity contribution in [2.75, 3.05) is 24.7 Å². The average Bonchev–Trinajstić information content (AvgIpc) is 3.51. The molecule has 1 atom stereocenters. The Labute approximate surface area is 165 Å². The van der Waals surface area contributed by atoms with Crippen molar-refractivity contribution in [3.8, 4) is 11.1 Å². The Morgan fingerprint density at radius 2 is 1.79 bits per heavy atom. The van der Waals surface area contributed by atoms with Crippen molar-refractivity contribution >= 4 is 5.69 Å². The summed E-state index contributed by atoms with van der Waals surface area (Å²) < 4.78 is 0. The van der Waals surface area contributed by atoms with Gasteiger partial charge in [-0.15, -0.1) is 0 Å². The van der Waals surface area contributed by atoms with Crippen LogP contribution in [-0.4, -0.2) is 45.6 Å². The second-order valence-electron chi connectivity index (χ2n) is 7.57. The first-order valence-corrected chi connectivity index (χ1v) is 9.91. The summed E-state index contributed by atoms with van der Waals surface area (Å²) in [5.74, 6) is 0. The van der Waals surface area contributed by atoms with Crippen molar-refractivity contribution in [1.82, 2.24) is 19.8 Å². The fourth-order valence-corrected chi connectivity index (χ4v) is 4.15. The van der Waals surface area contributed by atoms with E-state index >= 15 is 0 Å². The summed E-state index contributed by atoms with van der Waals surface area (Å²) in [6.07, 6.45) is 9.40. The van der Waals surface area contributed by atoms with Crippen molar-refractivity contribution in [2.45, 2.75) is 19.0 Å². The Balaban J connectivity index is 1.19. The van der Waals surface area contributed by atoms with Gasteiger partial charge in [0.2, 0.25) is 0 Å². The predicted octanol–water partition coefficient (Wildman–Crippen LogP) is 3.90. The zero-order chi connectivity index (χ0) is 18.8. The van der Waals surface area contributed by atoms with Crippen LogP contribution < -0.4 is 4.90 Å². The Morgan fingerprint density at radius 3 is 2.57 bits per heavy atom. The van der Waals surface area contributed by atoms with Crippen molar-refractivity contribution in [3.05, 3.63) is 85.2 Å².